The van der Waals surface area contributed by atoms with Crippen LogP contribution in [0.5, 0.6) is 0 Å². The van der Waals surface area contributed by atoms with E-state index in [4.69, 9.17) is 16.6 Å². The van der Waals surface area contributed by atoms with Gasteiger partial charge in [-0.3, -0.25) is 24.0 Å². The van der Waals surface area contributed by atoms with E-state index in [1.54, 1.807) is 30.3 Å². The van der Waals surface area contributed by atoms with Gasteiger partial charge >= 0.3 is 11.9 Å². The topological polar surface area (TPSA) is 251 Å². The summed E-state index contributed by atoms with van der Waals surface area (Å²) >= 11 is 0. The Morgan fingerprint density at radius 3 is 1.89 bits per heavy atom. The van der Waals surface area contributed by atoms with Crippen molar-refractivity contribution in [3.63, 3.8) is 0 Å². The van der Waals surface area contributed by atoms with Crippen molar-refractivity contribution in [2.24, 2.45) is 11.5 Å². The molecule has 5 unspecified atom stereocenters. The van der Waals surface area contributed by atoms with E-state index in [0.717, 1.165) is 0 Å². The summed E-state index contributed by atoms with van der Waals surface area (Å²) in [5, 5.41) is 34.6. The Kier molecular flexibility index (Phi) is 12.0. The average molecular weight is 510 g/mol. The van der Waals surface area contributed by atoms with Crippen LogP contribution in [0.2, 0.25) is 0 Å². The number of benzene rings is 1. The highest BCUT2D eigenvalue weighted by atomic mass is 16.4. The number of aliphatic hydroxyl groups is 1. The van der Waals surface area contributed by atoms with Gasteiger partial charge in [0.15, 0.2) is 0 Å². The molecule has 14 nitrogen and oxygen atoms in total. The maximum absolute atomic E-state index is 13.1. The molecule has 0 radical (unpaired) electrons. The Labute approximate surface area is 206 Å². The molecule has 10 N–H and O–H groups in total. The van der Waals surface area contributed by atoms with Crippen LogP contribution in [0.15, 0.2) is 30.3 Å². The van der Waals surface area contributed by atoms with E-state index in [9.17, 15) is 39.0 Å². The number of primary amides is 1. The van der Waals surface area contributed by atoms with E-state index < -0.39 is 85.1 Å². The molecule has 1 aromatic carbocycles. The first kappa shape index (κ1) is 30.0. The number of hydrogen-bond donors (Lipinski definition) is 8. The predicted molar refractivity (Wildman–Crippen MR) is 124 cm³/mol. The Morgan fingerprint density at radius 2 is 1.39 bits per heavy atom. The minimum absolute atomic E-state index is 0.0440. The minimum atomic E-state index is -1.71. The molecule has 0 aliphatic rings. The Balaban J connectivity index is 3.14. The molecule has 0 aromatic heterocycles. The number of carbonyl (C=O) groups is 6. The zero-order chi connectivity index (χ0) is 27.4. The van der Waals surface area contributed by atoms with E-state index in [0.29, 0.717) is 5.56 Å². The highest BCUT2D eigenvalue weighted by Crippen LogP contribution is 2.07. The molecule has 4 amide bonds. The summed E-state index contributed by atoms with van der Waals surface area (Å²) in [6.45, 7) is 1.29. The smallest absolute Gasteiger partial charge is 0.326 e. The van der Waals surface area contributed by atoms with Crippen LogP contribution in [-0.2, 0) is 35.2 Å². The lowest BCUT2D eigenvalue weighted by molar-refractivity contribution is -0.144. The molecule has 0 fully saturated rings. The van der Waals surface area contributed by atoms with E-state index in [1.807, 2.05) is 0 Å². The van der Waals surface area contributed by atoms with Gasteiger partial charge in [0.25, 0.3) is 0 Å². The van der Waals surface area contributed by atoms with Crippen LogP contribution in [0.1, 0.15) is 31.7 Å². The fraction of sp³-hybridized carbons (Fsp3) is 0.455. The average Bonchev–Trinajstić information content (AvgIpc) is 2.80. The van der Waals surface area contributed by atoms with Gasteiger partial charge in [0.1, 0.15) is 24.2 Å². The Bertz CT molecular complexity index is 954. The van der Waals surface area contributed by atoms with Crippen molar-refractivity contribution in [3.8, 4) is 0 Å². The molecule has 0 heterocycles. The van der Waals surface area contributed by atoms with E-state index >= 15 is 0 Å². The Hall–Kier alpha value is -4.04. The number of carbonyl (C=O) groups excluding carboxylic acids is 4. The van der Waals surface area contributed by atoms with Gasteiger partial charge in [-0.2, -0.15) is 0 Å². The molecule has 0 aliphatic carbocycles. The monoisotopic (exact) mass is 509 g/mol. The largest absolute Gasteiger partial charge is 0.481 e. The molecule has 36 heavy (non-hydrogen) atoms. The van der Waals surface area contributed by atoms with Crippen molar-refractivity contribution in [3.05, 3.63) is 35.9 Å². The van der Waals surface area contributed by atoms with Crippen LogP contribution in [0, 0.1) is 0 Å². The SMILES string of the molecule is CC(O)C(N)C(=O)NC(Cc1ccccc1)C(=O)NC(CCC(=O)O)C(=O)NC(CC(N)=O)C(=O)O. The molecule has 0 saturated carbocycles. The van der Waals surface area contributed by atoms with Crippen LogP contribution < -0.4 is 27.4 Å². The van der Waals surface area contributed by atoms with Crippen molar-refractivity contribution in [1.29, 1.82) is 0 Å². The summed E-state index contributed by atoms with van der Waals surface area (Å²) < 4.78 is 0. The second-order valence-corrected chi connectivity index (χ2v) is 8.08. The number of carboxylic acids is 2. The van der Waals surface area contributed by atoms with Gasteiger partial charge < -0.3 is 42.7 Å². The van der Waals surface area contributed by atoms with Crippen molar-refractivity contribution in [2.45, 2.75) is 62.9 Å². The van der Waals surface area contributed by atoms with Gasteiger partial charge in [-0.05, 0) is 18.9 Å². The standard InChI is InChI=1S/C22H31N5O9/c1-11(28)18(24)21(34)26-14(9-12-5-3-2-4-6-12)20(33)25-13(7-8-17(30)31)19(32)27-15(22(35)36)10-16(23)29/h2-6,11,13-15,18,28H,7-10,24H2,1H3,(H2,23,29)(H,25,33)(H,26,34)(H,27,32)(H,30,31)(H,35,36). The van der Waals surface area contributed by atoms with E-state index in [2.05, 4.69) is 16.0 Å². The highest BCUT2D eigenvalue weighted by molar-refractivity contribution is 5.95. The third-order valence-electron chi connectivity index (χ3n) is 5.04. The number of rotatable bonds is 15. The zero-order valence-corrected chi connectivity index (χ0v) is 19.5. The van der Waals surface area contributed by atoms with Crippen LogP contribution in [0.3, 0.4) is 0 Å². The molecule has 5 atom stereocenters. The summed E-state index contributed by atoms with van der Waals surface area (Å²) in [4.78, 5) is 71.7. The summed E-state index contributed by atoms with van der Waals surface area (Å²) in [6, 6.07) is 2.61. The van der Waals surface area contributed by atoms with Gasteiger partial charge in [-0.25, -0.2) is 4.79 Å². The first-order valence-electron chi connectivity index (χ1n) is 10.9. The van der Waals surface area contributed by atoms with Crippen molar-refractivity contribution in [2.75, 3.05) is 0 Å². The zero-order valence-electron chi connectivity index (χ0n) is 19.5. The maximum Gasteiger partial charge on any atom is 0.326 e. The predicted octanol–water partition coefficient (Wildman–Crippen LogP) is -2.78. The number of aliphatic carboxylic acids is 2. The summed E-state index contributed by atoms with van der Waals surface area (Å²) in [7, 11) is 0. The summed E-state index contributed by atoms with van der Waals surface area (Å²) in [5.41, 5.74) is 11.3. The molecule has 1 rings (SSSR count). The molecule has 198 valence electrons. The molecule has 0 saturated heterocycles. The van der Waals surface area contributed by atoms with Crippen molar-refractivity contribution in [1.82, 2.24) is 16.0 Å². The third kappa shape index (κ3) is 10.5. The second-order valence-electron chi connectivity index (χ2n) is 8.08. The van der Waals surface area contributed by atoms with E-state index in [1.165, 1.54) is 6.92 Å². The summed E-state index contributed by atoms with van der Waals surface area (Å²) in [5.74, 6) is -6.66. The fourth-order valence-electron chi connectivity index (χ4n) is 3.03. The second kappa shape index (κ2) is 14.4. The van der Waals surface area contributed by atoms with Gasteiger partial charge in [-0.15, -0.1) is 0 Å². The van der Waals surface area contributed by atoms with Crippen LogP contribution in [-0.4, -0.2) is 81.2 Å². The van der Waals surface area contributed by atoms with E-state index in [-0.39, 0.29) is 6.42 Å². The third-order valence-corrected chi connectivity index (χ3v) is 5.04. The first-order chi connectivity index (χ1) is 16.8. The van der Waals surface area contributed by atoms with Gasteiger partial charge in [-0.1, -0.05) is 30.3 Å². The summed E-state index contributed by atoms with van der Waals surface area (Å²) in [6.07, 6.45) is -2.98. The quantitative estimate of drug-likeness (QED) is 0.121. The molecular weight excluding hydrogens is 478 g/mol. The molecule has 0 aliphatic heterocycles. The lowest BCUT2D eigenvalue weighted by Gasteiger charge is -2.25. The number of nitrogens with one attached hydrogen (secondary N) is 3. The van der Waals surface area contributed by atoms with Gasteiger partial charge in [0, 0.05) is 12.8 Å². The van der Waals surface area contributed by atoms with Crippen LogP contribution >= 0.6 is 0 Å². The first-order valence-corrected chi connectivity index (χ1v) is 10.9. The van der Waals surface area contributed by atoms with Crippen molar-refractivity contribution < 1.29 is 44.1 Å². The normalized spacial score (nSPS) is 14.9. The lowest BCUT2D eigenvalue weighted by Crippen LogP contribution is -2.58. The maximum atomic E-state index is 13.1. The highest BCUT2D eigenvalue weighted by Gasteiger charge is 2.31. The fourth-order valence-corrected chi connectivity index (χ4v) is 3.03. The molecular formula is C22H31N5O9. The molecule has 0 bridgehead atoms. The molecule has 0 spiro atoms. The number of nitrogens with two attached hydrogens (primary N) is 2. The van der Waals surface area contributed by atoms with Crippen molar-refractivity contribution >= 4 is 35.6 Å². The molecule has 14 heteroatoms. The van der Waals surface area contributed by atoms with Gasteiger partial charge in [0.05, 0.1) is 12.5 Å². The molecule has 1 aromatic rings. The Morgan fingerprint density at radius 1 is 0.861 bits per heavy atom. The van der Waals surface area contributed by atoms with Crippen LogP contribution in [0.25, 0.3) is 0 Å². The number of amides is 4. The van der Waals surface area contributed by atoms with Crippen LogP contribution in [0.4, 0.5) is 0 Å². The van der Waals surface area contributed by atoms with Gasteiger partial charge in [0.2, 0.25) is 23.6 Å². The minimum Gasteiger partial charge on any atom is -0.481 e. The number of hydrogen-bond acceptors (Lipinski definition) is 8. The number of aliphatic hydroxyl groups excluding tert-OH is 1. The lowest BCUT2D eigenvalue weighted by atomic mass is 10.0. The number of carboxylic acid groups (broad SMARTS) is 2.